The van der Waals surface area contributed by atoms with E-state index in [0.29, 0.717) is 32.0 Å². The number of rotatable bonds is 4. The number of piperazine rings is 1. The van der Waals surface area contributed by atoms with Crippen molar-refractivity contribution in [2.45, 2.75) is 19.1 Å². The number of alkyl halides is 3. The molecular formula is C19H20ClF3N4O. The zero-order valence-electron chi connectivity index (χ0n) is 15.2. The van der Waals surface area contributed by atoms with E-state index in [0.717, 1.165) is 18.0 Å². The molecule has 1 amide bonds. The third-order valence-electron chi connectivity index (χ3n) is 4.73. The van der Waals surface area contributed by atoms with Crippen molar-refractivity contribution >= 4 is 29.0 Å². The van der Waals surface area contributed by atoms with Gasteiger partial charge in [0.15, 0.2) is 0 Å². The van der Waals surface area contributed by atoms with E-state index in [-0.39, 0.29) is 17.0 Å². The van der Waals surface area contributed by atoms with Gasteiger partial charge in [0, 0.05) is 38.1 Å². The van der Waals surface area contributed by atoms with Gasteiger partial charge in [-0.3, -0.25) is 9.69 Å². The number of benzene rings is 1. The van der Waals surface area contributed by atoms with E-state index in [1.807, 2.05) is 47.1 Å². The fourth-order valence-corrected chi connectivity index (χ4v) is 3.36. The number of carbonyl (C=O) groups excluding carboxylic acids is 1. The standard InChI is InChI=1S/C19H20ClF3N4O/c1-13(18(28)25-15-5-3-2-4-6-15)26-7-9-27(10-8-26)17-16(20)11-14(12-24-17)19(21,22)23/h2-6,11-13H,7-10H2,1H3,(H,25,28)/t13-/m0/s1. The second-order valence-electron chi connectivity index (χ2n) is 6.58. The van der Waals surface area contributed by atoms with Crippen molar-refractivity contribution < 1.29 is 18.0 Å². The normalized spacial score (nSPS) is 16.7. The second kappa shape index (κ2) is 8.36. The average molecular weight is 413 g/mol. The van der Waals surface area contributed by atoms with Crippen LogP contribution in [0, 0.1) is 0 Å². The Morgan fingerprint density at radius 2 is 1.82 bits per heavy atom. The largest absolute Gasteiger partial charge is 0.417 e. The highest BCUT2D eigenvalue weighted by Gasteiger charge is 2.33. The van der Waals surface area contributed by atoms with Crippen LogP contribution in [0.2, 0.25) is 5.02 Å². The summed E-state index contributed by atoms with van der Waals surface area (Å²) in [6, 6.07) is 9.77. The van der Waals surface area contributed by atoms with Crippen molar-refractivity contribution in [1.29, 1.82) is 0 Å². The summed E-state index contributed by atoms with van der Waals surface area (Å²) in [6.07, 6.45) is -3.68. The van der Waals surface area contributed by atoms with Gasteiger partial charge in [0.2, 0.25) is 5.91 Å². The first-order valence-electron chi connectivity index (χ1n) is 8.83. The lowest BCUT2D eigenvalue weighted by Crippen LogP contribution is -2.53. The molecule has 0 saturated carbocycles. The molecule has 1 aliphatic heterocycles. The SMILES string of the molecule is C[C@@H](C(=O)Nc1ccccc1)N1CCN(c2ncc(C(F)(F)F)cc2Cl)CC1. The molecule has 0 spiro atoms. The number of halogens is 4. The van der Waals surface area contributed by atoms with Crippen LogP contribution < -0.4 is 10.2 Å². The summed E-state index contributed by atoms with van der Waals surface area (Å²) >= 11 is 6.03. The number of para-hydroxylation sites is 1. The van der Waals surface area contributed by atoms with E-state index in [2.05, 4.69) is 10.3 Å². The number of hydrogen-bond donors (Lipinski definition) is 1. The minimum absolute atomic E-state index is 0.0295. The first-order chi connectivity index (χ1) is 13.3. The van der Waals surface area contributed by atoms with E-state index in [4.69, 9.17) is 11.6 Å². The van der Waals surface area contributed by atoms with Crippen molar-refractivity contribution in [3.63, 3.8) is 0 Å². The van der Waals surface area contributed by atoms with Crippen LogP contribution in [0.25, 0.3) is 0 Å². The predicted octanol–water partition coefficient (Wildman–Crippen LogP) is 3.90. The number of aromatic nitrogens is 1. The number of hydrogen-bond acceptors (Lipinski definition) is 4. The quantitative estimate of drug-likeness (QED) is 0.827. The van der Waals surface area contributed by atoms with Gasteiger partial charge in [-0.05, 0) is 25.1 Å². The molecule has 0 bridgehead atoms. The van der Waals surface area contributed by atoms with Gasteiger partial charge in [0.25, 0.3) is 0 Å². The molecule has 9 heteroatoms. The summed E-state index contributed by atoms with van der Waals surface area (Å²) in [7, 11) is 0. The van der Waals surface area contributed by atoms with Crippen LogP contribution in [0.1, 0.15) is 12.5 Å². The van der Waals surface area contributed by atoms with Gasteiger partial charge in [-0.25, -0.2) is 4.98 Å². The summed E-state index contributed by atoms with van der Waals surface area (Å²) in [5.74, 6) is 0.223. The fourth-order valence-electron chi connectivity index (χ4n) is 3.07. The summed E-state index contributed by atoms with van der Waals surface area (Å²) < 4.78 is 38.3. The molecule has 28 heavy (non-hydrogen) atoms. The van der Waals surface area contributed by atoms with Gasteiger partial charge < -0.3 is 10.2 Å². The van der Waals surface area contributed by atoms with Crippen molar-refractivity contribution in [2.24, 2.45) is 0 Å². The Hall–Kier alpha value is -2.32. The third kappa shape index (κ3) is 4.74. The number of nitrogens with zero attached hydrogens (tertiary/aromatic N) is 3. The van der Waals surface area contributed by atoms with Gasteiger partial charge in [0.1, 0.15) is 5.82 Å². The van der Waals surface area contributed by atoms with E-state index in [1.165, 1.54) is 0 Å². The Morgan fingerprint density at radius 1 is 1.18 bits per heavy atom. The van der Waals surface area contributed by atoms with Gasteiger partial charge in [0.05, 0.1) is 16.6 Å². The molecule has 5 nitrogen and oxygen atoms in total. The molecule has 1 aromatic heterocycles. The van der Waals surface area contributed by atoms with Crippen molar-refractivity contribution in [1.82, 2.24) is 9.88 Å². The summed E-state index contributed by atoms with van der Waals surface area (Å²) in [5, 5.41) is 2.85. The number of amides is 1. The molecule has 1 saturated heterocycles. The molecule has 2 heterocycles. The van der Waals surface area contributed by atoms with E-state index < -0.39 is 11.7 Å². The summed E-state index contributed by atoms with van der Waals surface area (Å²) in [5.41, 5.74) is -0.134. The van der Waals surface area contributed by atoms with Crippen LogP contribution in [0.4, 0.5) is 24.7 Å². The lowest BCUT2D eigenvalue weighted by atomic mass is 10.2. The predicted molar refractivity (Wildman–Crippen MR) is 103 cm³/mol. The smallest absolute Gasteiger partial charge is 0.353 e. The maximum atomic E-state index is 12.8. The average Bonchev–Trinajstić information content (AvgIpc) is 2.67. The molecule has 1 aliphatic rings. The lowest BCUT2D eigenvalue weighted by molar-refractivity contribution is -0.137. The Balaban J connectivity index is 1.59. The van der Waals surface area contributed by atoms with E-state index >= 15 is 0 Å². The van der Waals surface area contributed by atoms with E-state index in [1.54, 1.807) is 0 Å². The second-order valence-corrected chi connectivity index (χ2v) is 6.99. The van der Waals surface area contributed by atoms with Crippen LogP contribution >= 0.6 is 11.6 Å². The van der Waals surface area contributed by atoms with Crippen molar-refractivity contribution in [3.8, 4) is 0 Å². The number of carbonyl (C=O) groups is 1. The molecule has 0 aliphatic carbocycles. The van der Waals surface area contributed by atoms with Gasteiger partial charge in [-0.2, -0.15) is 13.2 Å². The van der Waals surface area contributed by atoms with Crippen molar-refractivity contribution in [3.05, 3.63) is 53.2 Å². The summed E-state index contributed by atoms with van der Waals surface area (Å²) in [6.45, 7) is 4.00. The maximum absolute atomic E-state index is 12.8. The molecule has 0 unspecified atom stereocenters. The highest BCUT2D eigenvalue weighted by atomic mass is 35.5. The van der Waals surface area contributed by atoms with Gasteiger partial charge in [-0.15, -0.1) is 0 Å². The van der Waals surface area contributed by atoms with Gasteiger partial charge >= 0.3 is 6.18 Å². The first-order valence-corrected chi connectivity index (χ1v) is 9.21. The van der Waals surface area contributed by atoms with Crippen LogP contribution in [-0.4, -0.2) is 48.0 Å². The minimum atomic E-state index is -4.48. The fraction of sp³-hybridized carbons (Fsp3) is 0.368. The molecule has 1 N–H and O–H groups in total. The Bertz CT molecular complexity index is 824. The molecule has 1 atom stereocenters. The molecule has 2 aromatic rings. The molecule has 0 radical (unpaired) electrons. The summed E-state index contributed by atoms with van der Waals surface area (Å²) in [4.78, 5) is 20.2. The molecule has 3 rings (SSSR count). The van der Waals surface area contributed by atoms with Crippen molar-refractivity contribution in [2.75, 3.05) is 36.4 Å². The highest BCUT2D eigenvalue weighted by Crippen LogP contribution is 2.33. The van der Waals surface area contributed by atoms with E-state index in [9.17, 15) is 18.0 Å². The Labute approximate surface area is 166 Å². The zero-order chi connectivity index (χ0) is 20.3. The molecule has 150 valence electrons. The van der Waals surface area contributed by atoms with Crippen LogP contribution in [-0.2, 0) is 11.0 Å². The topological polar surface area (TPSA) is 48.5 Å². The Kier molecular flexibility index (Phi) is 6.10. The third-order valence-corrected chi connectivity index (χ3v) is 5.01. The first kappa shape index (κ1) is 20.4. The minimum Gasteiger partial charge on any atom is -0.353 e. The van der Waals surface area contributed by atoms with Crippen LogP contribution in [0.5, 0.6) is 0 Å². The maximum Gasteiger partial charge on any atom is 0.417 e. The lowest BCUT2D eigenvalue weighted by Gasteiger charge is -2.38. The van der Waals surface area contributed by atoms with Gasteiger partial charge in [-0.1, -0.05) is 29.8 Å². The Morgan fingerprint density at radius 3 is 2.39 bits per heavy atom. The zero-order valence-corrected chi connectivity index (χ0v) is 16.0. The molecular weight excluding hydrogens is 393 g/mol. The monoisotopic (exact) mass is 412 g/mol. The molecule has 1 aromatic carbocycles. The number of pyridine rings is 1. The molecule has 1 fully saturated rings. The van der Waals surface area contributed by atoms with Crippen LogP contribution in [0.15, 0.2) is 42.6 Å². The van der Waals surface area contributed by atoms with Crippen LogP contribution in [0.3, 0.4) is 0 Å². The number of nitrogens with one attached hydrogen (secondary N) is 1. The highest BCUT2D eigenvalue weighted by molar-refractivity contribution is 6.33. The number of anilines is 2.